The van der Waals surface area contributed by atoms with Crippen LogP contribution in [0.25, 0.3) is 0 Å². The average Bonchev–Trinajstić information content (AvgIpc) is 2.51. The van der Waals surface area contributed by atoms with E-state index in [1.807, 2.05) is 27.7 Å². The molecule has 14 heavy (non-hydrogen) atoms. The Balaban J connectivity index is 3.12. The minimum absolute atomic E-state index is 0.266. The number of imidazole rings is 1. The van der Waals surface area contributed by atoms with E-state index in [1.54, 1.807) is 0 Å². The fourth-order valence-electron chi connectivity index (χ4n) is 1.23. The molecule has 0 unspecified atom stereocenters. The van der Waals surface area contributed by atoms with Crippen molar-refractivity contribution in [1.82, 2.24) is 9.55 Å². The maximum atomic E-state index is 12.6. The van der Waals surface area contributed by atoms with Gasteiger partial charge in [0.15, 0.2) is 0 Å². The lowest BCUT2D eigenvalue weighted by molar-refractivity contribution is 0.0615. The van der Waals surface area contributed by atoms with Gasteiger partial charge >= 0.3 is 6.55 Å². The van der Waals surface area contributed by atoms with Gasteiger partial charge in [0.05, 0.1) is 0 Å². The molecule has 0 aliphatic rings. The molecule has 0 amide bonds. The van der Waals surface area contributed by atoms with Crippen LogP contribution < -0.4 is 0 Å². The van der Waals surface area contributed by atoms with E-state index in [1.165, 1.54) is 12.4 Å². The van der Waals surface area contributed by atoms with E-state index < -0.39 is 6.55 Å². The van der Waals surface area contributed by atoms with Gasteiger partial charge in [0.1, 0.15) is 5.82 Å². The summed E-state index contributed by atoms with van der Waals surface area (Å²) < 4.78 is 26.1. The first-order valence-corrected chi connectivity index (χ1v) is 4.68. The second kappa shape index (κ2) is 3.67. The van der Waals surface area contributed by atoms with Crippen LogP contribution in [0.1, 0.15) is 40.1 Å². The van der Waals surface area contributed by atoms with Gasteiger partial charge in [0.2, 0.25) is 0 Å². The number of nitrogens with zero attached hydrogens (tertiary/aromatic N) is 2. The highest BCUT2D eigenvalue weighted by Crippen LogP contribution is 2.31. The summed E-state index contributed by atoms with van der Waals surface area (Å²) in [7, 11) is 0. The van der Waals surface area contributed by atoms with E-state index in [-0.39, 0.29) is 11.3 Å². The van der Waals surface area contributed by atoms with Crippen LogP contribution in [0.5, 0.6) is 0 Å². The Bertz CT molecular complexity index is 303. The summed E-state index contributed by atoms with van der Waals surface area (Å²) in [6.07, 6.45) is 2.75. The van der Waals surface area contributed by atoms with Crippen LogP contribution in [-0.4, -0.2) is 9.55 Å². The fourth-order valence-corrected chi connectivity index (χ4v) is 1.23. The van der Waals surface area contributed by atoms with Crippen LogP contribution in [-0.2, 0) is 5.41 Å². The van der Waals surface area contributed by atoms with Crippen molar-refractivity contribution >= 4 is 0 Å². The standard InChI is InChI=1S/C10H16F2N2/c1-7(2)10(3,4)8-13-5-6-14(8)9(11)12/h5-7,9H,1-4H3. The summed E-state index contributed by atoms with van der Waals surface area (Å²) in [6, 6.07) is 0. The first-order chi connectivity index (χ1) is 6.37. The van der Waals surface area contributed by atoms with Crippen LogP contribution in [0.2, 0.25) is 0 Å². The molecule has 0 N–H and O–H groups in total. The van der Waals surface area contributed by atoms with Crippen LogP contribution in [0, 0.1) is 5.92 Å². The summed E-state index contributed by atoms with van der Waals surface area (Å²) in [4.78, 5) is 4.01. The summed E-state index contributed by atoms with van der Waals surface area (Å²) in [5, 5.41) is 0. The highest BCUT2D eigenvalue weighted by Gasteiger charge is 2.30. The van der Waals surface area contributed by atoms with Crippen molar-refractivity contribution < 1.29 is 8.78 Å². The van der Waals surface area contributed by atoms with Crippen molar-refractivity contribution in [1.29, 1.82) is 0 Å². The molecule has 0 aromatic carbocycles. The highest BCUT2D eigenvalue weighted by atomic mass is 19.3. The Hall–Kier alpha value is -0.930. The maximum absolute atomic E-state index is 12.6. The molecule has 0 atom stereocenters. The van der Waals surface area contributed by atoms with Crippen molar-refractivity contribution in [2.24, 2.45) is 5.92 Å². The lowest BCUT2D eigenvalue weighted by Crippen LogP contribution is -2.29. The molecular formula is C10H16F2N2. The number of hydrogen-bond donors (Lipinski definition) is 0. The zero-order valence-corrected chi connectivity index (χ0v) is 8.96. The molecule has 0 spiro atoms. The smallest absolute Gasteiger partial charge is 0.277 e. The highest BCUT2D eigenvalue weighted by molar-refractivity contribution is 5.08. The molecule has 80 valence electrons. The molecule has 0 saturated heterocycles. The van der Waals surface area contributed by atoms with Crippen molar-refractivity contribution in [3.63, 3.8) is 0 Å². The molecule has 0 fully saturated rings. The molecule has 0 aliphatic carbocycles. The molecular weight excluding hydrogens is 186 g/mol. The second-order valence-corrected chi connectivity index (χ2v) is 4.31. The fraction of sp³-hybridized carbons (Fsp3) is 0.700. The predicted octanol–water partition coefficient (Wildman–Crippen LogP) is 3.21. The van der Waals surface area contributed by atoms with E-state index in [4.69, 9.17) is 0 Å². The van der Waals surface area contributed by atoms with Gasteiger partial charge in [-0.3, -0.25) is 4.57 Å². The Morgan fingerprint density at radius 2 is 1.93 bits per heavy atom. The first-order valence-electron chi connectivity index (χ1n) is 4.68. The predicted molar refractivity (Wildman–Crippen MR) is 51.3 cm³/mol. The van der Waals surface area contributed by atoms with Gasteiger partial charge in [-0.05, 0) is 5.92 Å². The van der Waals surface area contributed by atoms with Gasteiger partial charge in [-0.2, -0.15) is 8.78 Å². The van der Waals surface area contributed by atoms with Crippen molar-refractivity contribution in [3.05, 3.63) is 18.2 Å². The third-order valence-electron chi connectivity index (χ3n) is 2.90. The number of rotatable bonds is 3. The third kappa shape index (κ3) is 1.79. The van der Waals surface area contributed by atoms with Crippen molar-refractivity contribution in [2.45, 2.75) is 39.7 Å². The Morgan fingerprint density at radius 1 is 1.36 bits per heavy atom. The zero-order chi connectivity index (χ0) is 10.9. The van der Waals surface area contributed by atoms with Crippen LogP contribution in [0.4, 0.5) is 8.78 Å². The lowest BCUT2D eigenvalue weighted by atomic mass is 9.80. The molecule has 1 aromatic heterocycles. The van der Waals surface area contributed by atoms with E-state index in [0.717, 1.165) is 4.57 Å². The largest absolute Gasteiger partial charge is 0.319 e. The van der Waals surface area contributed by atoms with Crippen molar-refractivity contribution in [2.75, 3.05) is 0 Å². The molecule has 1 aromatic rings. The lowest BCUT2D eigenvalue weighted by Gasteiger charge is -2.29. The SMILES string of the molecule is CC(C)C(C)(C)c1nccn1C(F)F. The molecule has 1 heterocycles. The Labute approximate surface area is 83.0 Å². The average molecular weight is 202 g/mol. The van der Waals surface area contributed by atoms with Gasteiger partial charge in [0, 0.05) is 17.8 Å². The molecule has 0 aliphatic heterocycles. The van der Waals surface area contributed by atoms with Gasteiger partial charge in [0.25, 0.3) is 0 Å². The normalized spacial score (nSPS) is 12.9. The van der Waals surface area contributed by atoms with E-state index in [0.29, 0.717) is 5.82 Å². The van der Waals surface area contributed by atoms with Gasteiger partial charge in [-0.1, -0.05) is 27.7 Å². The van der Waals surface area contributed by atoms with E-state index >= 15 is 0 Å². The van der Waals surface area contributed by atoms with E-state index in [2.05, 4.69) is 4.98 Å². The maximum Gasteiger partial charge on any atom is 0.319 e. The van der Waals surface area contributed by atoms with Gasteiger partial charge < -0.3 is 0 Å². The molecule has 0 saturated carbocycles. The van der Waals surface area contributed by atoms with Crippen LogP contribution >= 0.6 is 0 Å². The third-order valence-corrected chi connectivity index (χ3v) is 2.90. The quantitative estimate of drug-likeness (QED) is 0.735. The van der Waals surface area contributed by atoms with Crippen LogP contribution in [0.15, 0.2) is 12.4 Å². The molecule has 2 nitrogen and oxygen atoms in total. The topological polar surface area (TPSA) is 17.8 Å². The number of alkyl halides is 2. The summed E-state index contributed by atoms with van der Waals surface area (Å²) in [5.74, 6) is 0.713. The summed E-state index contributed by atoms with van der Waals surface area (Å²) in [5.41, 5.74) is -0.333. The molecule has 4 heteroatoms. The van der Waals surface area contributed by atoms with Gasteiger partial charge in [-0.15, -0.1) is 0 Å². The number of hydrogen-bond acceptors (Lipinski definition) is 1. The minimum Gasteiger partial charge on any atom is -0.277 e. The summed E-state index contributed by atoms with van der Waals surface area (Å²) >= 11 is 0. The monoisotopic (exact) mass is 202 g/mol. The summed E-state index contributed by atoms with van der Waals surface area (Å²) in [6.45, 7) is 5.36. The van der Waals surface area contributed by atoms with Gasteiger partial charge in [-0.25, -0.2) is 4.98 Å². The van der Waals surface area contributed by atoms with Crippen molar-refractivity contribution in [3.8, 4) is 0 Å². The molecule has 0 radical (unpaired) electrons. The number of aromatic nitrogens is 2. The molecule has 0 bridgehead atoms. The number of halogens is 2. The Morgan fingerprint density at radius 3 is 2.36 bits per heavy atom. The minimum atomic E-state index is -2.51. The first kappa shape index (κ1) is 11.1. The molecule has 1 rings (SSSR count). The zero-order valence-electron chi connectivity index (χ0n) is 8.96. The second-order valence-electron chi connectivity index (χ2n) is 4.31. The van der Waals surface area contributed by atoms with Crippen LogP contribution in [0.3, 0.4) is 0 Å². The Kier molecular flexibility index (Phi) is 2.92. The van der Waals surface area contributed by atoms with E-state index in [9.17, 15) is 8.78 Å².